The second-order valence-corrected chi connectivity index (χ2v) is 3.91. The lowest BCUT2D eigenvalue weighted by molar-refractivity contribution is -0.133. The molecule has 0 saturated heterocycles. The van der Waals surface area contributed by atoms with Crippen molar-refractivity contribution in [2.45, 2.75) is 0 Å². The van der Waals surface area contributed by atoms with Crippen molar-refractivity contribution in [1.82, 2.24) is 0 Å². The minimum absolute atomic E-state index is 0.0864. The van der Waals surface area contributed by atoms with Gasteiger partial charge >= 0.3 is 11.9 Å². The molecule has 106 valence electrons. The Morgan fingerprint density at radius 3 is 2.50 bits per heavy atom. The standard InChI is InChI=1S/C13H12ClNO5/c1-19-13(18)11(15-20-2)9-6-4-3-5-8(9)7-10(14)12(16)17/h3-7H,1-2H3,(H,16,17). The van der Waals surface area contributed by atoms with Crippen molar-refractivity contribution in [1.29, 1.82) is 0 Å². The number of benzene rings is 1. The zero-order valence-electron chi connectivity index (χ0n) is 10.8. The number of carbonyl (C=O) groups is 2. The van der Waals surface area contributed by atoms with Crippen molar-refractivity contribution < 1.29 is 24.3 Å². The summed E-state index contributed by atoms with van der Waals surface area (Å²) in [5, 5.41) is 12.0. The maximum atomic E-state index is 11.7. The molecule has 1 N–H and O–H groups in total. The van der Waals surface area contributed by atoms with E-state index in [0.29, 0.717) is 11.1 Å². The summed E-state index contributed by atoms with van der Waals surface area (Å²) in [5.74, 6) is -1.98. The highest BCUT2D eigenvalue weighted by Gasteiger charge is 2.18. The van der Waals surface area contributed by atoms with Crippen molar-refractivity contribution in [3.63, 3.8) is 0 Å². The molecule has 0 bridgehead atoms. The van der Waals surface area contributed by atoms with Crippen LogP contribution in [0.1, 0.15) is 11.1 Å². The number of carbonyl (C=O) groups excluding carboxylic acids is 1. The molecule has 0 aliphatic rings. The topological polar surface area (TPSA) is 85.2 Å². The average Bonchev–Trinajstić information content (AvgIpc) is 2.44. The first kappa shape index (κ1) is 15.7. The normalized spacial score (nSPS) is 11.9. The number of aliphatic carboxylic acids is 1. The highest BCUT2D eigenvalue weighted by molar-refractivity contribution is 6.45. The average molecular weight is 298 g/mol. The first-order valence-corrected chi connectivity index (χ1v) is 5.78. The molecule has 0 fully saturated rings. The predicted molar refractivity (Wildman–Crippen MR) is 73.5 cm³/mol. The number of ether oxygens (including phenoxy) is 1. The molecular weight excluding hydrogens is 286 g/mol. The fraction of sp³-hybridized carbons (Fsp3) is 0.154. The number of methoxy groups -OCH3 is 1. The molecule has 0 aliphatic carbocycles. The molecule has 0 heterocycles. The summed E-state index contributed by atoms with van der Waals surface area (Å²) in [4.78, 5) is 27.0. The van der Waals surface area contributed by atoms with Gasteiger partial charge in [0.25, 0.3) is 0 Å². The van der Waals surface area contributed by atoms with Crippen LogP contribution in [0, 0.1) is 0 Å². The molecule has 0 amide bonds. The van der Waals surface area contributed by atoms with Gasteiger partial charge in [0.05, 0.1) is 7.11 Å². The van der Waals surface area contributed by atoms with Gasteiger partial charge in [0.15, 0.2) is 5.71 Å². The van der Waals surface area contributed by atoms with E-state index >= 15 is 0 Å². The second kappa shape index (κ2) is 7.30. The fourth-order valence-electron chi connectivity index (χ4n) is 1.42. The lowest BCUT2D eigenvalue weighted by Gasteiger charge is -2.07. The molecule has 7 heteroatoms. The molecule has 1 aromatic rings. The number of hydrogen-bond acceptors (Lipinski definition) is 5. The van der Waals surface area contributed by atoms with Crippen LogP contribution in [0.25, 0.3) is 6.08 Å². The summed E-state index contributed by atoms with van der Waals surface area (Å²) >= 11 is 5.59. The van der Waals surface area contributed by atoms with Gasteiger partial charge in [0.1, 0.15) is 12.1 Å². The van der Waals surface area contributed by atoms with E-state index < -0.39 is 11.9 Å². The van der Waals surface area contributed by atoms with E-state index in [1.807, 2.05) is 0 Å². The molecule has 0 saturated carbocycles. The maximum Gasteiger partial charge on any atom is 0.360 e. The van der Waals surface area contributed by atoms with Crippen LogP contribution in [-0.4, -0.2) is 37.0 Å². The van der Waals surface area contributed by atoms with Crippen molar-refractivity contribution in [2.75, 3.05) is 14.2 Å². The van der Waals surface area contributed by atoms with Crippen molar-refractivity contribution in [2.24, 2.45) is 5.16 Å². The number of oxime groups is 1. The van der Waals surface area contributed by atoms with Gasteiger partial charge in [-0.3, -0.25) is 0 Å². The number of halogens is 1. The Morgan fingerprint density at radius 2 is 1.95 bits per heavy atom. The minimum atomic E-state index is -1.27. The molecule has 0 spiro atoms. The van der Waals surface area contributed by atoms with E-state index in [1.165, 1.54) is 20.3 Å². The van der Waals surface area contributed by atoms with Crippen LogP contribution >= 0.6 is 11.6 Å². The van der Waals surface area contributed by atoms with Crippen LogP contribution in [0.4, 0.5) is 0 Å². The highest BCUT2D eigenvalue weighted by atomic mass is 35.5. The molecule has 20 heavy (non-hydrogen) atoms. The maximum absolute atomic E-state index is 11.7. The summed E-state index contributed by atoms with van der Waals surface area (Å²) in [6.07, 6.45) is 1.22. The Morgan fingerprint density at radius 1 is 1.30 bits per heavy atom. The quantitative estimate of drug-likeness (QED) is 0.388. The monoisotopic (exact) mass is 297 g/mol. The Kier molecular flexibility index (Phi) is 5.74. The smallest absolute Gasteiger partial charge is 0.360 e. The highest BCUT2D eigenvalue weighted by Crippen LogP contribution is 2.17. The Balaban J connectivity index is 3.38. The number of hydrogen-bond donors (Lipinski definition) is 1. The van der Waals surface area contributed by atoms with E-state index in [-0.39, 0.29) is 10.7 Å². The van der Waals surface area contributed by atoms with Crippen molar-refractivity contribution >= 4 is 35.3 Å². The zero-order chi connectivity index (χ0) is 15.1. The van der Waals surface area contributed by atoms with E-state index in [9.17, 15) is 9.59 Å². The first-order chi connectivity index (χ1) is 9.51. The molecular formula is C13H12ClNO5. The van der Waals surface area contributed by atoms with Gasteiger partial charge in [0, 0.05) is 5.56 Å². The van der Waals surface area contributed by atoms with Crippen LogP contribution in [-0.2, 0) is 19.2 Å². The van der Waals surface area contributed by atoms with Gasteiger partial charge in [-0.2, -0.15) is 0 Å². The molecule has 0 unspecified atom stereocenters. The molecule has 1 aromatic carbocycles. The molecule has 0 aliphatic heterocycles. The summed E-state index contributed by atoms with van der Waals surface area (Å²) in [5.41, 5.74) is 0.665. The van der Waals surface area contributed by atoms with E-state index in [4.69, 9.17) is 16.7 Å². The first-order valence-electron chi connectivity index (χ1n) is 5.40. The fourth-order valence-corrected chi connectivity index (χ4v) is 1.54. The molecule has 0 aromatic heterocycles. The number of esters is 1. The number of rotatable bonds is 5. The number of carboxylic acids is 1. The SMILES string of the molecule is CON=C(C(=O)OC)c1ccccc1C=C(Cl)C(=O)O. The van der Waals surface area contributed by atoms with Crippen LogP contribution in [0.3, 0.4) is 0 Å². The molecule has 0 atom stereocenters. The minimum Gasteiger partial charge on any atom is -0.477 e. The third kappa shape index (κ3) is 3.83. The van der Waals surface area contributed by atoms with Crippen LogP contribution in [0.2, 0.25) is 0 Å². The van der Waals surface area contributed by atoms with E-state index in [2.05, 4.69) is 14.7 Å². The third-order valence-corrected chi connectivity index (χ3v) is 2.53. The van der Waals surface area contributed by atoms with Crippen LogP contribution in [0.15, 0.2) is 34.5 Å². The summed E-state index contributed by atoms with van der Waals surface area (Å²) < 4.78 is 4.61. The Labute approximate surface area is 120 Å². The molecule has 1 rings (SSSR count). The van der Waals surface area contributed by atoms with Gasteiger partial charge in [-0.1, -0.05) is 41.0 Å². The third-order valence-electron chi connectivity index (χ3n) is 2.26. The molecule has 0 radical (unpaired) electrons. The van der Waals surface area contributed by atoms with E-state index in [1.54, 1.807) is 24.3 Å². The largest absolute Gasteiger partial charge is 0.477 e. The van der Waals surface area contributed by atoms with Crippen LogP contribution in [0.5, 0.6) is 0 Å². The summed E-state index contributed by atoms with van der Waals surface area (Å²) in [7, 11) is 2.49. The number of nitrogens with zero attached hydrogens (tertiary/aromatic N) is 1. The predicted octanol–water partition coefficient (Wildman–Crippen LogP) is 1.87. The van der Waals surface area contributed by atoms with Gasteiger partial charge in [-0.25, -0.2) is 9.59 Å². The summed E-state index contributed by atoms with van der Waals surface area (Å²) in [6.45, 7) is 0. The van der Waals surface area contributed by atoms with Crippen molar-refractivity contribution in [3.05, 3.63) is 40.4 Å². The lowest BCUT2D eigenvalue weighted by atomic mass is 10.0. The Hall–Kier alpha value is -2.34. The van der Waals surface area contributed by atoms with Gasteiger partial charge in [0.2, 0.25) is 0 Å². The molecule has 6 nitrogen and oxygen atoms in total. The Bertz CT molecular complexity index is 580. The lowest BCUT2D eigenvalue weighted by Crippen LogP contribution is -2.18. The second-order valence-electron chi connectivity index (χ2n) is 3.50. The van der Waals surface area contributed by atoms with Gasteiger partial charge < -0.3 is 14.7 Å². The van der Waals surface area contributed by atoms with Gasteiger partial charge in [-0.05, 0) is 11.6 Å². The van der Waals surface area contributed by atoms with Gasteiger partial charge in [-0.15, -0.1) is 0 Å². The van der Waals surface area contributed by atoms with Crippen LogP contribution < -0.4 is 0 Å². The van der Waals surface area contributed by atoms with Crippen molar-refractivity contribution in [3.8, 4) is 0 Å². The zero-order valence-corrected chi connectivity index (χ0v) is 11.5. The summed E-state index contributed by atoms with van der Waals surface area (Å²) in [6, 6.07) is 6.50. The van der Waals surface area contributed by atoms with E-state index in [0.717, 1.165) is 0 Å². The number of carboxylic acid groups (broad SMARTS) is 1.